The predicted octanol–water partition coefficient (Wildman–Crippen LogP) is 7.82. The van der Waals surface area contributed by atoms with Crippen molar-refractivity contribution in [3.05, 3.63) is 89.1 Å². The summed E-state index contributed by atoms with van der Waals surface area (Å²) in [6.07, 6.45) is 0.994. The molecule has 0 N–H and O–H groups in total. The zero-order valence-electron chi connectivity index (χ0n) is 21.4. The Balaban J connectivity index is 1.87. The second kappa shape index (κ2) is 8.40. The van der Waals surface area contributed by atoms with Crippen LogP contribution in [0.5, 0.6) is 0 Å². The van der Waals surface area contributed by atoms with Crippen LogP contribution in [0.25, 0.3) is 44.3 Å². The summed E-state index contributed by atoms with van der Waals surface area (Å²) in [6, 6.07) is 25.4. The van der Waals surface area contributed by atoms with Crippen LogP contribution in [0, 0.1) is 30.6 Å². The minimum Gasteiger partial charge on any atom is -0.454 e. The molecule has 5 rings (SSSR count). The fraction of sp³-hybridized carbons (Fsp3) is 0.250. The van der Waals surface area contributed by atoms with Crippen molar-refractivity contribution in [3.8, 4) is 28.5 Å². The van der Waals surface area contributed by atoms with E-state index in [0.717, 1.165) is 56.3 Å². The average Bonchev–Trinajstić information content (AvgIpc) is 3.20. The number of hydrogen-bond donors (Lipinski definition) is 0. The van der Waals surface area contributed by atoms with Gasteiger partial charge >= 0.3 is 0 Å². The molecule has 174 valence electrons. The molecule has 3 aromatic carbocycles. The number of furan rings is 1. The Bertz CT molecular complexity index is 1630. The van der Waals surface area contributed by atoms with Crippen molar-refractivity contribution in [1.29, 1.82) is 5.26 Å². The molecular weight excluding hydrogens is 428 g/mol. The van der Waals surface area contributed by atoms with Gasteiger partial charge in [0, 0.05) is 35.4 Å². The fourth-order valence-corrected chi connectivity index (χ4v) is 5.12. The Morgan fingerprint density at radius 3 is 2.34 bits per heavy atom. The molecule has 0 saturated heterocycles. The molecule has 3 nitrogen and oxygen atoms in total. The first kappa shape index (κ1) is 22.9. The average molecular weight is 460 g/mol. The number of pyridine rings is 1. The number of nitrogens with zero attached hydrogens (tertiary/aromatic N) is 2. The van der Waals surface area contributed by atoms with Crippen molar-refractivity contribution < 1.29 is 8.98 Å². The summed E-state index contributed by atoms with van der Waals surface area (Å²) >= 11 is 0. The van der Waals surface area contributed by atoms with Gasteiger partial charge in [0.1, 0.15) is 18.2 Å². The van der Waals surface area contributed by atoms with Crippen LogP contribution in [0.1, 0.15) is 43.2 Å². The smallest absolute Gasteiger partial charge is 0.216 e. The second-order valence-electron chi connectivity index (χ2n) is 10.8. The molecule has 0 saturated carbocycles. The number of hydrogen-bond acceptors (Lipinski definition) is 2. The first-order valence-corrected chi connectivity index (χ1v) is 12.1. The first-order chi connectivity index (χ1) is 16.7. The van der Waals surface area contributed by atoms with Crippen molar-refractivity contribution >= 4 is 21.9 Å². The van der Waals surface area contributed by atoms with Gasteiger partial charge in [-0.3, -0.25) is 0 Å². The highest BCUT2D eigenvalue weighted by atomic mass is 16.3. The van der Waals surface area contributed by atoms with Gasteiger partial charge in [-0.1, -0.05) is 63.2 Å². The van der Waals surface area contributed by atoms with Crippen LogP contribution < -0.4 is 4.57 Å². The quantitative estimate of drug-likeness (QED) is 0.258. The number of benzene rings is 3. The van der Waals surface area contributed by atoms with E-state index in [1.165, 1.54) is 11.3 Å². The van der Waals surface area contributed by atoms with Gasteiger partial charge in [0.2, 0.25) is 5.69 Å². The molecule has 0 aliphatic heterocycles. The Hall–Kier alpha value is -3.90. The highest BCUT2D eigenvalue weighted by Gasteiger charge is 2.25. The Morgan fingerprint density at radius 2 is 1.66 bits per heavy atom. The molecule has 0 bridgehead atoms. The molecule has 0 fully saturated rings. The van der Waals surface area contributed by atoms with E-state index in [1.807, 2.05) is 30.3 Å². The van der Waals surface area contributed by atoms with Crippen LogP contribution in [-0.2, 0) is 13.5 Å². The van der Waals surface area contributed by atoms with Gasteiger partial charge in [0.25, 0.3) is 0 Å². The standard InChI is InChI=1S/C32H31N2O/c1-20-12-14-26-29-24(19-33)13-15-25(23-10-8-7-9-11-23)30(29)35-31(26)28(20)27-17-22(18-32(3,4)5)16-21(2)34(27)6/h7-17H,18H2,1-6H3/q+1. The lowest BCUT2D eigenvalue weighted by molar-refractivity contribution is -0.666. The van der Waals surface area contributed by atoms with Crippen LogP contribution >= 0.6 is 0 Å². The number of rotatable bonds is 3. The van der Waals surface area contributed by atoms with E-state index in [-0.39, 0.29) is 5.41 Å². The summed E-state index contributed by atoms with van der Waals surface area (Å²) in [5, 5.41) is 11.8. The monoisotopic (exact) mass is 459 g/mol. The predicted molar refractivity (Wildman–Crippen MR) is 143 cm³/mol. The van der Waals surface area contributed by atoms with Crippen molar-refractivity contribution in [2.75, 3.05) is 0 Å². The molecule has 0 radical (unpaired) electrons. The van der Waals surface area contributed by atoms with Gasteiger partial charge in [0.05, 0.1) is 17.2 Å². The largest absolute Gasteiger partial charge is 0.454 e. The summed E-state index contributed by atoms with van der Waals surface area (Å²) in [5.74, 6) is 0. The third kappa shape index (κ3) is 4.00. The topological polar surface area (TPSA) is 40.8 Å². The van der Waals surface area contributed by atoms with Crippen molar-refractivity contribution in [2.45, 2.75) is 41.0 Å². The molecule has 0 amide bonds. The van der Waals surface area contributed by atoms with Crippen molar-refractivity contribution in [1.82, 2.24) is 0 Å². The fourth-order valence-electron chi connectivity index (χ4n) is 5.12. The maximum atomic E-state index is 9.95. The molecule has 5 aromatic rings. The molecule has 2 heterocycles. The number of nitriles is 1. The van der Waals surface area contributed by atoms with E-state index in [1.54, 1.807) is 0 Å². The first-order valence-electron chi connectivity index (χ1n) is 12.1. The number of fused-ring (bicyclic) bond motifs is 3. The van der Waals surface area contributed by atoms with E-state index < -0.39 is 0 Å². The molecule has 0 aliphatic rings. The Labute approximate surface area is 207 Å². The minimum atomic E-state index is 0.191. The molecule has 35 heavy (non-hydrogen) atoms. The molecule has 0 spiro atoms. The summed E-state index contributed by atoms with van der Waals surface area (Å²) in [7, 11) is 2.11. The van der Waals surface area contributed by atoms with Gasteiger partial charge in [-0.05, 0) is 47.6 Å². The van der Waals surface area contributed by atoms with Gasteiger partial charge in [-0.25, -0.2) is 0 Å². The van der Waals surface area contributed by atoms with Crippen LogP contribution in [0.15, 0.2) is 71.1 Å². The van der Waals surface area contributed by atoms with Crippen molar-refractivity contribution in [3.63, 3.8) is 0 Å². The van der Waals surface area contributed by atoms with Gasteiger partial charge in [-0.15, -0.1) is 0 Å². The molecule has 0 unspecified atom stereocenters. The van der Waals surface area contributed by atoms with E-state index in [9.17, 15) is 5.26 Å². The van der Waals surface area contributed by atoms with Crippen molar-refractivity contribution in [2.24, 2.45) is 12.5 Å². The van der Waals surface area contributed by atoms with E-state index >= 15 is 0 Å². The summed E-state index contributed by atoms with van der Waals surface area (Å²) < 4.78 is 8.96. The van der Waals surface area contributed by atoms with E-state index in [2.05, 4.69) is 88.7 Å². The zero-order chi connectivity index (χ0) is 24.9. The minimum absolute atomic E-state index is 0.191. The lowest BCUT2D eigenvalue weighted by atomic mass is 9.87. The van der Waals surface area contributed by atoms with Gasteiger partial charge in [-0.2, -0.15) is 9.83 Å². The lowest BCUT2D eigenvalue weighted by Gasteiger charge is -2.18. The Morgan fingerprint density at radius 1 is 0.914 bits per heavy atom. The highest BCUT2D eigenvalue weighted by Crippen LogP contribution is 2.42. The zero-order valence-corrected chi connectivity index (χ0v) is 21.4. The van der Waals surface area contributed by atoms with Crippen LogP contribution in [-0.4, -0.2) is 0 Å². The van der Waals surface area contributed by atoms with Gasteiger partial charge < -0.3 is 4.42 Å². The van der Waals surface area contributed by atoms with E-state index in [4.69, 9.17) is 4.42 Å². The number of aryl methyl sites for hydroxylation is 2. The normalized spacial score (nSPS) is 11.8. The third-order valence-electron chi connectivity index (χ3n) is 6.80. The van der Waals surface area contributed by atoms with Crippen LogP contribution in [0.4, 0.5) is 0 Å². The van der Waals surface area contributed by atoms with Gasteiger partial charge in [0.15, 0.2) is 5.69 Å². The summed E-state index contributed by atoms with van der Waals surface area (Å²) in [4.78, 5) is 0. The molecular formula is C32H31N2O+. The maximum absolute atomic E-state index is 9.95. The third-order valence-corrected chi connectivity index (χ3v) is 6.80. The lowest BCUT2D eigenvalue weighted by Crippen LogP contribution is -2.35. The van der Waals surface area contributed by atoms with Crippen LogP contribution in [0.2, 0.25) is 0 Å². The SMILES string of the molecule is Cc1ccc2c(oc3c(-c4ccccc4)ccc(C#N)c32)c1-c1cc(CC(C)(C)C)cc(C)[n+]1C. The summed E-state index contributed by atoms with van der Waals surface area (Å²) in [6.45, 7) is 11.1. The molecule has 0 atom stereocenters. The highest BCUT2D eigenvalue weighted by molar-refractivity contribution is 6.15. The molecule has 2 aromatic heterocycles. The summed E-state index contributed by atoms with van der Waals surface area (Å²) in [5.41, 5.74) is 10.4. The number of aromatic nitrogens is 1. The van der Waals surface area contributed by atoms with Crippen LogP contribution in [0.3, 0.4) is 0 Å². The Kier molecular flexibility index (Phi) is 5.49. The maximum Gasteiger partial charge on any atom is 0.216 e. The van der Waals surface area contributed by atoms with E-state index in [0.29, 0.717) is 5.56 Å². The molecule has 3 heteroatoms. The second-order valence-corrected chi connectivity index (χ2v) is 10.8. The molecule has 0 aliphatic carbocycles.